The van der Waals surface area contributed by atoms with E-state index in [1.54, 1.807) is 43.4 Å². The van der Waals surface area contributed by atoms with E-state index in [4.69, 9.17) is 9.25 Å². The molecule has 7 nitrogen and oxygen atoms in total. The zero-order valence-electron chi connectivity index (χ0n) is 14.7. The average Bonchev–Trinajstić information content (AvgIpc) is 3.35. The van der Waals surface area contributed by atoms with Crippen LogP contribution in [0.1, 0.15) is 40.7 Å². The van der Waals surface area contributed by atoms with Gasteiger partial charge < -0.3 is 19.9 Å². The Morgan fingerprint density at radius 3 is 2.58 bits per heavy atom. The largest absolute Gasteiger partial charge is 0.451 e. The fourth-order valence-corrected chi connectivity index (χ4v) is 2.64. The highest BCUT2D eigenvalue weighted by Gasteiger charge is 2.20. The third-order valence-electron chi connectivity index (χ3n) is 4.18. The van der Waals surface area contributed by atoms with Crippen LogP contribution in [-0.2, 0) is 4.84 Å². The highest BCUT2D eigenvalue weighted by Crippen LogP contribution is 2.22. The normalized spacial score (nSPS) is 15.9. The third kappa shape index (κ3) is 3.93. The van der Waals surface area contributed by atoms with Gasteiger partial charge >= 0.3 is 0 Å². The highest BCUT2D eigenvalue weighted by molar-refractivity contribution is 5.95. The summed E-state index contributed by atoms with van der Waals surface area (Å²) in [7, 11) is 1.55. The summed E-state index contributed by atoms with van der Waals surface area (Å²) in [6, 6.07) is 10.3. The fourth-order valence-electron chi connectivity index (χ4n) is 2.64. The Morgan fingerprint density at radius 1 is 1.15 bits per heavy atom. The first-order valence-electron chi connectivity index (χ1n) is 8.52. The molecule has 1 atom stereocenters. The Kier molecular flexibility index (Phi) is 5.36. The van der Waals surface area contributed by atoms with Crippen LogP contribution < -0.4 is 10.6 Å². The number of rotatable bonds is 6. The van der Waals surface area contributed by atoms with Crippen LogP contribution in [0, 0.1) is 0 Å². The molecule has 7 heteroatoms. The lowest BCUT2D eigenvalue weighted by molar-refractivity contribution is 0.0753. The monoisotopic (exact) mass is 355 g/mol. The van der Waals surface area contributed by atoms with Crippen molar-refractivity contribution in [3.05, 3.63) is 47.7 Å². The van der Waals surface area contributed by atoms with Crippen molar-refractivity contribution >= 4 is 17.5 Å². The Labute approximate surface area is 151 Å². The molecule has 3 rings (SSSR count). The van der Waals surface area contributed by atoms with E-state index < -0.39 is 0 Å². The molecule has 2 heterocycles. The van der Waals surface area contributed by atoms with E-state index in [0.29, 0.717) is 17.9 Å². The topological polar surface area (TPSA) is 92.9 Å². The summed E-state index contributed by atoms with van der Waals surface area (Å²) in [5.41, 5.74) is 2.35. The number of carbonyl (C=O) groups is 2. The van der Waals surface area contributed by atoms with E-state index in [1.807, 2.05) is 6.92 Å². The maximum absolute atomic E-state index is 12.3. The molecular weight excluding hydrogens is 334 g/mol. The summed E-state index contributed by atoms with van der Waals surface area (Å²) >= 11 is 0. The molecule has 0 radical (unpaired) electrons. The Bertz CT molecular complexity index is 824. The molecule has 2 aromatic rings. The first-order chi connectivity index (χ1) is 12.6. The second kappa shape index (κ2) is 7.86. The van der Waals surface area contributed by atoms with Crippen molar-refractivity contribution in [2.45, 2.75) is 25.9 Å². The van der Waals surface area contributed by atoms with Gasteiger partial charge in [0.1, 0.15) is 11.9 Å². The van der Waals surface area contributed by atoms with Crippen LogP contribution in [0.15, 0.2) is 46.0 Å². The predicted molar refractivity (Wildman–Crippen MR) is 97.1 cm³/mol. The van der Waals surface area contributed by atoms with Gasteiger partial charge in [-0.25, -0.2) is 0 Å². The SMILES string of the molecule is CCC1=NOC(CNC(=O)c2ccc(-c3ccc(C(=O)NC)o3)cc2)C1. The van der Waals surface area contributed by atoms with Crippen LogP contribution in [0.2, 0.25) is 0 Å². The molecule has 0 aliphatic carbocycles. The van der Waals surface area contributed by atoms with Gasteiger partial charge in [0, 0.05) is 24.6 Å². The van der Waals surface area contributed by atoms with E-state index in [0.717, 1.165) is 24.1 Å². The van der Waals surface area contributed by atoms with Gasteiger partial charge in [-0.3, -0.25) is 9.59 Å². The molecule has 1 aromatic carbocycles. The maximum atomic E-state index is 12.3. The molecule has 0 saturated heterocycles. The van der Waals surface area contributed by atoms with Gasteiger partial charge in [0.05, 0.1) is 12.3 Å². The minimum Gasteiger partial charge on any atom is -0.451 e. The minimum absolute atomic E-state index is 0.0978. The number of nitrogens with one attached hydrogen (secondary N) is 2. The van der Waals surface area contributed by atoms with Crippen molar-refractivity contribution in [2.75, 3.05) is 13.6 Å². The molecular formula is C19H21N3O4. The van der Waals surface area contributed by atoms with Gasteiger partial charge in [0.15, 0.2) is 5.76 Å². The summed E-state index contributed by atoms with van der Waals surface area (Å²) in [5.74, 6) is 0.362. The van der Waals surface area contributed by atoms with Crippen LogP contribution in [0.25, 0.3) is 11.3 Å². The highest BCUT2D eigenvalue weighted by atomic mass is 16.6. The minimum atomic E-state index is -0.281. The molecule has 1 unspecified atom stereocenters. The number of benzene rings is 1. The van der Waals surface area contributed by atoms with Crippen molar-refractivity contribution in [1.29, 1.82) is 0 Å². The predicted octanol–water partition coefficient (Wildman–Crippen LogP) is 2.59. The Balaban J connectivity index is 1.58. The van der Waals surface area contributed by atoms with Gasteiger partial charge in [-0.15, -0.1) is 0 Å². The number of hydrogen-bond donors (Lipinski definition) is 2. The molecule has 1 aliphatic heterocycles. The summed E-state index contributed by atoms with van der Waals surface area (Å²) in [5, 5.41) is 9.35. The molecule has 1 aliphatic rings. The number of nitrogens with zero attached hydrogens (tertiary/aromatic N) is 1. The molecule has 1 aromatic heterocycles. The number of carbonyl (C=O) groups excluding carboxylic acids is 2. The van der Waals surface area contributed by atoms with Crippen molar-refractivity contribution in [3.63, 3.8) is 0 Å². The number of oxime groups is 1. The number of hydrogen-bond acceptors (Lipinski definition) is 5. The second-order valence-corrected chi connectivity index (χ2v) is 5.97. The first kappa shape index (κ1) is 17.7. The zero-order valence-corrected chi connectivity index (χ0v) is 14.7. The van der Waals surface area contributed by atoms with Crippen molar-refractivity contribution in [2.24, 2.45) is 5.16 Å². The van der Waals surface area contributed by atoms with E-state index in [1.165, 1.54) is 0 Å². The lowest BCUT2D eigenvalue weighted by Crippen LogP contribution is -2.32. The van der Waals surface area contributed by atoms with E-state index in [2.05, 4.69) is 15.8 Å². The van der Waals surface area contributed by atoms with Crippen molar-refractivity contribution in [3.8, 4) is 11.3 Å². The second-order valence-electron chi connectivity index (χ2n) is 5.97. The van der Waals surface area contributed by atoms with Crippen LogP contribution >= 0.6 is 0 Å². The lowest BCUT2D eigenvalue weighted by Gasteiger charge is -2.10. The van der Waals surface area contributed by atoms with Crippen LogP contribution in [0.4, 0.5) is 0 Å². The van der Waals surface area contributed by atoms with Crippen LogP contribution in [0.5, 0.6) is 0 Å². The fraction of sp³-hybridized carbons (Fsp3) is 0.316. The van der Waals surface area contributed by atoms with Crippen molar-refractivity contribution in [1.82, 2.24) is 10.6 Å². The molecule has 136 valence electrons. The van der Waals surface area contributed by atoms with E-state index >= 15 is 0 Å². The molecule has 0 bridgehead atoms. The smallest absolute Gasteiger partial charge is 0.286 e. The van der Waals surface area contributed by atoms with Crippen LogP contribution in [-0.4, -0.2) is 37.2 Å². The van der Waals surface area contributed by atoms with Gasteiger partial charge in [-0.2, -0.15) is 0 Å². The van der Waals surface area contributed by atoms with Crippen LogP contribution in [0.3, 0.4) is 0 Å². The quantitative estimate of drug-likeness (QED) is 0.833. The average molecular weight is 355 g/mol. The van der Waals surface area contributed by atoms with E-state index in [9.17, 15) is 9.59 Å². The Hall–Kier alpha value is -3.09. The molecule has 0 fully saturated rings. The molecule has 2 amide bonds. The molecule has 26 heavy (non-hydrogen) atoms. The summed E-state index contributed by atoms with van der Waals surface area (Å²) in [6.07, 6.45) is 1.52. The summed E-state index contributed by atoms with van der Waals surface area (Å²) in [6.45, 7) is 2.45. The first-order valence-corrected chi connectivity index (χ1v) is 8.52. The molecule has 0 saturated carbocycles. The lowest BCUT2D eigenvalue weighted by atomic mass is 10.1. The van der Waals surface area contributed by atoms with Gasteiger partial charge in [0.2, 0.25) is 0 Å². The zero-order chi connectivity index (χ0) is 18.5. The Morgan fingerprint density at radius 2 is 1.92 bits per heavy atom. The van der Waals surface area contributed by atoms with Gasteiger partial charge in [-0.05, 0) is 30.7 Å². The van der Waals surface area contributed by atoms with Gasteiger partial charge in [0.25, 0.3) is 11.8 Å². The molecule has 0 spiro atoms. The number of furan rings is 1. The third-order valence-corrected chi connectivity index (χ3v) is 4.18. The summed E-state index contributed by atoms with van der Waals surface area (Å²) < 4.78 is 5.52. The maximum Gasteiger partial charge on any atom is 0.286 e. The number of amides is 2. The molecule has 2 N–H and O–H groups in total. The summed E-state index contributed by atoms with van der Waals surface area (Å²) in [4.78, 5) is 29.1. The van der Waals surface area contributed by atoms with E-state index in [-0.39, 0.29) is 23.7 Å². The standard InChI is InChI=1S/C19H21N3O4/c1-3-14-10-15(26-22-14)11-21-18(23)13-6-4-12(5-7-13)16-8-9-17(25-16)19(24)20-2/h4-9,15H,3,10-11H2,1-2H3,(H,20,24)(H,21,23). The van der Waals surface area contributed by atoms with Gasteiger partial charge in [-0.1, -0.05) is 24.2 Å². The van der Waals surface area contributed by atoms with Crippen molar-refractivity contribution < 1.29 is 18.8 Å².